The molecule has 0 aliphatic carbocycles. The third-order valence-corrected chi connectivity index (χ3v) is 2.89. The summed E-state index contributed by atoms with van der Waals surface area (Å²) in [4.78, 5) is 8.37. The third-order valence-electron chi connectivity index (χ3n) is 2.89. The van der Waals surface area contributed by atoms with Crippen molar-refractivity contribution in [2.75, 3.05) is 18.4 Å². The average molecular weight is 218 g/mol. The first kappa shape index (κ1) is 9.53. The molecule has 1 saturated heterocycles. The van der Waals surface area contributed by atoms with E-state index in [1.807, 2.05) is 0 Å². The SMILES string of the molecule is c1nc(N[C@@H]2CCCNC2)c2cn[nH]c2n1. The van der Waals surface area contributed by atoms with E-state index in [1.165, 1.54) is 12.8 Å². The number of aromatic nitrogens is 4. The molecule has 0 amide bonds. The Morgan fingerprint density at radius 1 is 1.38 bits per heavy atom. The van der Waals surface area contributed by atoms with Crippen molar-refractivity contribution in [2.45, 2.75) is 18.9 Å². The largest absolute Gasteiger partial charge is 0.365 e. The maximum Gasteiger partial charge on any atom is 0.160 e. The van der Waals surface area contributed by atoms with Gasteiger partial charge in [-0.05, 0) is 19.4 Å². The van der Waals surface area contributed by atoms with Gasteiger partial charge in [0.05, 0.1) is 11.6 Å². The standard InChI is InChI=1S/C10H14N6/c1-2-7(4-11-3-1)15-9-8-5-14-16-10(8)13-6-12-9/h5-7,11H,1-4H2,(H2,12,13,14,15,16)/t7-/m1/s1. The quantitative estimate of drug-likeness (QED) is 0.684. The summed E-state index contributed by atoms with van der Waals surface area (Å²) in [5, 5.41) is 14.6. The fraction of sp³-hybridized carbons (Fsp3) is 0.500. The van der Waals surface area contributed by atoms with Crippen molar-refractivity contribution in [3.05, 3.63) is 12.5 Å². The van der Waals surface area contributed by atoms with Crippen molar-refractivity contribution < 1.29 is 0 Å². The fourth-order valence-electron chi connectivity index (χ4n) is 2.05. The highest BCUT2D eigenvalue weighted by Crippen LogP contribution is 2.18. The highest BCUT2D eigenvalue weighted by atomic mass is 15.2. The smallest absolute Gasteiger partial charge is 0.160 e. The van der Waals surface area contributed by atoms with E-state index in [0.29, 0.717) is 6.04 Å². The summed E-state index contributed by atoms with van der Waals surface area (Å²) in [6.07, 6.45) is 5.70. The number of hydrogen-bond acceptors (Lipinski definition) is 5. The molecule has 0 radical (unpaired) electrons. The fourth-order valence-corrected chi connectivity index (χ4v) is 2.05. The molecular formula is C10H14N6. The van der Waals surface area contributed by atoms with Gasteiger partial charge >= 0.3 is 0 Å². The molecule has 3 rings (SSSR count). The molecule has 2 aromatic rings. The summed E-state index contributed by atoms with van der Waals surface area (Å²) in [6, 6.07) is 0.446. The van der Waals surface area contributed by atoms with Crippen LogP contribution in [-0.2, 0) is 0 Å². The van der Waals surface area contributed by atoms with Gasteiger partial charge in [0, 0.05) is 12.6 Å². The minimum atomic E-state index is 0.446. The van der Waals surface area contributed by atoms with E-state index in [2.05, 4.69) is 30.8 Å². The summed E-state index contributed by atoms with van der Waals surface area (Å²) in [5.74, 6) is 0.868. The van der Waals surface area contributed by atoms with Crippen molar-refractivity contribution in [1.82, 2.24) is 25.5 Å². The van der Waals surface area contributed by atoms with Crippen LogP contribution in [0.1, 0.15) is 12.8 Å². The Morgan fingerprint density at radius 2 is 2.38 bits per heavy atom. The number of nitrogens with one attached hydrogen (secondary N) is 3. The predicted octanol–water partition coefficient (Wildman–Crippen LogP) is 0.517. The van der Waals surface area contributed by atoms with Crippen LogP contribution in [0, 0.1) is 0 Å². The van der Waals surface area contributed by atoms with Crippen LogP contribution in [0.15, 0.2) is 12.5 Å². The minimum absolute atomic E-state index is 0.446. The lowest BCUT2D eigenvalue weighted by molar-refractivity contribution is 0.479. The first-order valence-electron chi connectivity index (χ1n) is 5.55. The van der Waals surface area contributed by atoms with Crippen LogP contribution in [0.3, 0.4) is 0 Å². The van der Waals surface area contributed by atoms with Crippen molar-refractivity contribution in [3.8, 4) is 0 Å². The van der Waals surface area contributed by atoms with Gasteiger partial charge in [-0.25, -0.2) is 9.97 Å². The van der Waals surface area contributed by atoms with Crippen LogP contribution in [-0.4, -0.2) is 39.3 Å². The van der Waals surface area contributed by atoms with Crippen LogP contribution >= 0.6 is 0 Å². The van der Waals surface area contributed by atoms with Crippen molar-refractivity contribution >= 4 is 16.9 Å². The summed E-state index contributed by atoms with van der Waals surface area (Å²) in [7, 11) is 0. The van der Waals surface area contributed by atoms with Gasteiger partial charge in [0.15, 0.2) is 5.65 Å². The second-order valence-corrected chi connectivity index (χ2v) is 4.04. The molecule has 2 aromatic heterocycles. The highest BCUT2D eigenvalue weighted by molar-refractivity contribution is 5.85. The predicted molar refractivity (Wildman–Crippen MR) is 61.2 cm³/mol. The number of aromatic amines is 1. The van der Waals surface area contributed by atoms with Gasteiger partial charge in [-0.2, -0.15) is 5.10 Å². The van der Waals surface area contributed by atoms with Gasteiger partial charge in [-0.15, -0.1) is 0 Å². The van der Waals surface area contributed by atoms with E-state index in [-0.39, 0.29) is 0 Å². The Balaban J connectivity index is 1.85. The zero-order valence-electron chi connectivity index (χ0n) is 8.90. The summed E-state index contributed by atoms with van der Waals surface area (Å²) in [5.41, 5.74) is 0.779. The van der Waals surface area contributed by atoms with E-state index >= 15 is 0 Å². The maximum absolute atomic E-state index is 4.26. The highest BCUT2D eigenvalue weighted by Gasteiger charge is 2.14. The van der Waals surface area contributed by atoms with Crippen molar-refractivity contribution in [3.63, 3.8) is 0 Å². The van der Waals surface area contributed by atoms with Gasteiger partial charge in [0.2, 0.25) is 0 Å². The summed E-state index contributed by atoms with van der Waals surface area (Å²) >= 11 is 0. The second-order valence-electron chi connectivity index (χ2n) is 4.04. The first-order chi connectivity index (χ1) is 7.93. The van der Waals surface area contributed by atoms with Crippen molar-refractivity contribution in [2.24, 2.45) is 0 Å². The molecule has 3 N–H and O–H groups in total. The van der Waals surface area contributed by atoms with Crippen LogP contribution in [0.4, 0.5) is 5.82 Å². The number of anilines is 1. The first-order valence-corrected chi connectivity index (χ1v) is 5.55. The van der Waals surface area contributed by atoms with Crippen LogP contribution in [0.5, 0.6) is 0 Å². The Labute approximate surface area is 92.9 Å². The number of rotatable bonds is 2. The Bertz CT molecular complexity index is 473. The molecule has 0 bridgehead atoms. The molecule has 1 aliphatic heterocycles. The Morgan fingerprint density at radius 3 is 3.25 bits per heavy atom. The van der Waals surface area contributed by atoms with E-state index in [9.17, 15) is 0 Å². The lowest BCUT2D eigenvalue weighted by atomic mass is 10.1. The molecule has 6 heteroatoms. The Kier molecular flexibility index (Phi) is 2.41. The van der Waals surface area contributed by atoms with E-state index in [0.717, 1.165) is 29.9 Å². The monoisotopic (exact) mass is 218 g/mol. The molecule has 3 heterocycles. The van der Waals surface area contributed by atoms with Crippen LogP contribution in [0.2, 0.25) is 0 Å². The molecule has 1 atom stereocenters. The second kappa shape index (κ2) is 4.05. The number of H-pyrrole nitrogens is 1. The number of fused-ring (bicyclic) bond motifs is 1. The topological polar surface area (TPSA) is 78.5 Å². The molecule has 84 valence electrons. The molecule has 0 unspecified atom stereocenters. The zero-order valence-corrected chi connectivity index (χ0v) is 8.90. The average Bonchev–Trinajstić information content (AvgIpc) is 2.80. The Hall–Kier alpha value is -1.69. The van der Waals surface area contributed by atoms with Crippen molar-refractivity contribution in [1.29, 1.82) is 0 Å². The summed E-state index contributed by atoms with van der Waals surface area (Å²) < 4.78 is 0. The van der Waals surface area contributed by atoms with E-state index < -0.39 is 0 Å². The number of nitrogens with zero attached hydrogens (tertiary/aromatic N) is 3. The molecule has 1 fully saturated rings. The lowest BCUT2D eigenvalue weighted by Crippen LogP contribution is -2.38. The van der Waals surface area contributed by atoms with Crippen LogP contribution in [0.25, 0.3) is 11.0 Å². The molecule has 16 heavy (non-hydrogen) atoms. The zero-order chi connectivity index (χ0) is 10.8. The van der Waals surface area contributed by atoms with E-state index in [1.54, 1.807) is 12.5 Å². The maximum atomic E-state index is 4.26. The molecule has 0 saturated carbocycles. The van der Waals surface area contributed by atoms with Gasteiger partial charge in [0.25, 0.3) is 0 Å². The van der Waals surface area contributed by atoms with E-state index in [4.69, 9.17) is 0 Å². The van der Waals surface area contributed by atoms with Gasteiger partial charge in [-0.1, -0.05) is 0 Å². The van der Waals surface area contributed by atoms with Gasteiger partial charge in [0.1, 0.15) is 12.1 Å². The molecule has 6 nitrogen and oxygen atoms in total. The molecule has 0 aromatic carbocycles. The van der Waals surface area contributed by atoms with Gasteiger partial charge in [-0.3, -0.25) is 5.10 Å². The minimum Gasteiger partial charge on any atom is -0.365 e. The van der Waals surface area contributed by atoms with Gasteiger partial charge < -0.3 is 10.6 Å². The van der Waals surface area contributed by atoms with Crippen LogP contribution < -0.4 is 10.6 Å². The molecular weight excluding hydrogens is 204 g/mol. The normalized spacial score (nSPS) is 21.1. The molecule has 0 spiro atoms. The number of piperidine rings is 1. The molecule has 1 aliphatic rings. The number of hydrogen-bond donors (Lipinski definition) is 3. The third kappa shape index (κ3) is 1.71. The summed E-state index contributed by atoms with van der Waals surface area (Å²) in [6.45, 7) is 2.10. The lowest BCUT2D eigenvalue weighted by Gasteiger charge is -2.24.